The lowest BCUT2D eigenvalue weighted by atomic mass is 9.90. The molecule has 1 aromatic carbocycles. The van der Waals surface area contributed by atoms with Crippen LogP contribution in [0, 0.1) is 5.92 Å². The number of methoxy groups -OCH3 is 2. The van der Waals surface area contributed by atoms with Gasteiger partial charge in [-0.15, -0.1) is 10.2 Å². The molecule has 1 aliphatic carbocycles. The van der Waals surface area contributed by atoms with Crippen LogP contribution in [-0.2, 0) is 9.59 Å². The number of anilines is 2. The molecule has 1 aromatic heterocycles. The molecule has 2 aliphatic rings. The number of carbonyl (C=O) groups is 2. The molecule has 4 rings (SSSR count). The molecule has 160 valence electrons. The largest absolute Gasteiger partial charge is 0.497 e. The van der Waals surface area contributed by atoms with E-state index in [0.717, 1.165) is 17.8 Å². The van der Waals surface area contributed by atoms with Gasteiger partial charge in [-0.2, -0.15) is 0 Å². The molecule has 1 atom stereocenters. The predicted molar refractivity (Wildman–Crippen MR) is 114 cm³/mol. The van der Waals surface area contributed by atoms with Gasteiger partial charge in [0.05, 0.1) is 25.8 Å². The molecular weight excluding hydrogens is 404 g/mol. The Kier molecular flexibility index (Phi) is 6.17. The van der Waals surface area contributed by atoms with Crippen LogP contribution in [0.15, 0.2) is 18.2 Å². The molecule has 2 heterocycles. The van der Waals surface area contributed by atoms with E-state index in [1.165, 1.54) is 30.6 Å². The first-order valence-electron chi connectivity index (χ1n) is 10.3. The van der Waals surface area contributed by atoms with Crippen molar-refractivity contribution in [1.82, 2.24) is 10.2 Å². The van der Waals surface area contributed by atoms with E-state index >= 15 is 0 Å². The molecule has 30 heavy (non-hydrogen) atoms. The number of aromatic nitrogens is 2. The minimum atomic E-state index is -0.463. The van der Waals surface area contributed by atoms with E-state index in [-0.39, 0.29) is 24.8 Å². The third-order valence-corrected chi connectivity index (χ3v) is 6.80. The maximum Gasteiger partial charge on any atom is 0.231 e. The molecule has 1 aliphatic heterocycles. The molecule has 2 aromatic rings. The average Bonchev–Trinajstić information content (AvgIpc) is 3.40. The van der Waals surface area contributed by atoms with Gasteiger partial charge in [0.1, 0.15) is 16.5 Å². The van der Waals surface area contributed by atoms with Crippen molar-refractivity contribution in [3.05, 3.63) is 23.2 Å². The van der Waals surface area contributed by atoms with Gasteiger partial charge >= 0.3 is 0 Å². The Morgan fingerprint density at radius 3 is 2.70 bits per heavy atom. The lowest BCUT2D eigenvalue weighted by molar-refractivity contribution is -0.122. The summed E-state index contributed by atoms with van der Waals surface area (Å²) >= 11 is 1.45. The van der Waals surface area contributed by atoms with Crippen molar-refractivity contribution >= 4 is 34.0 Å². The van der Waals surface area contributed by atoms with Gasteiger partial charge in [-0.25, -0.2) is 0 Å². The smallest absolute Gasteiger partial charge is 0.231 e. The zero-order chi connectivity index (χ0) is 21.1. The summed E-state index contributed by atoms with van der Waals surface area (Å²) in [5.74, 6) is 0.837. The van der Waals surface area contributed by atoms with Crippen LogP contribution in [0.3, 0.4) is 0 Å². The highest BCUT2D eigenvalue weighted by Gasteiger charge is 2.37. The first kappa shape index (κ1) is 20.6. The van der Waals surface area contributed by atoms with Crippen LogP contribution < -0.4 is 19.7 Å². The fourth-order valence-corrected chi connectivity index (χ4v) is 5.05. The summed E-state index contributed by atoms with van der Waals surface area (Å²) in [4.78, 5) is 27.0. The van der Waals surface area contributed by atoms with Crippen molar-refractivity contribution in [2.24, 2.45) is 5.92 Å². The van der Waals surface area contributed by atoms with Gasteiger partial charge < -0.3 is 19.7 Å². The molecule has 9 heteroatoms. The van der Waals surface area contributed by atoms with Gasteiger partial charge in [-0.3, -0.25) is 9.59 Å². The zero-order valence-corrected chi connectivity index (χ0v) is 18.0. The van der Waals surface area contributed by atoms with E-state index in [1.807, 2.05) is 0 Å². The highest BCUT2D eigenvalue weighted by atomic mass is 32.1. The summed E-state index contributed by atoms with van der Waals surface area (Å²) < 4.78 is 10.7. The maximum absolute atomic E-state index is 12.8. The van der Waals surface area contributed by atoms with Crippen molar-refractivity contribution in [3.8, 4) is 11.5 Å². The van der Waals surface area contributed by atoms with Crippen LogP contribution in [0.25, 0.3) is 0 Å². The Morgan fingerprint density at radius 2 is 1.97 bits per heavy atom. The second-order valence-electron chi connectivity index (χ2n) is 7.71. The van der Waals surface area contributed by atoms with Crippen LogP contribution in [0.2, 0.25) is 0 Å². The fourth-order valence-electron chi connectivity index (χ4n) is 4.13. The number of nitrogens with one attached hydrogen (secondary N) is 1. The number of hydrogen-bond acceptors (Lipinski definition) is 7. The lowest BCUT2D eigenvalue weighted by Gasteiger charge is -2.20. The van der Waals surface area contributed by atoms with Crippen molar-refractivity contribution < 1.29 is 19.1 Å². The quantitative estimate of drug-likeness (QED) is 0.753. The van der Waals surface area contributed by atoms with Crippen LogP contribution in [-0.4, -0.2) is 42.8 Å². The van der Waals surface area contributed by atoms with Crippen molar-refractivity contribution in [2.45, 2.75) is 44.4 Å². The van der Waals surface area contributed by atoms with Gasteiger partial charge in [-0.05, 0) is 25.0 Å². The van der Waals surface area contributed by atoms with E-state index in [2.05, 4.69) is 15.5 Å². The fraction of sp³-hybridized carbons (Fsp3) is 0.524. The Balaban J connectivity index is 1.43. The van der Waals surface area contributed by atoms with E-state index in [1.54, 1.807) is 37.3 Å². The number of ether oxygens (including phenoxy) is 2. The number of amides is 2. The van der Waals surface area contributed by atoms with Crippen molar-refractivity contribution in [1.29, 1.82) is 0 Å². The van der Waals surface area contributed by atoms with Gasteiger partial charge in [0, 0.05) is 24.9 Å². The average molecular weight is 431 g/mol. The summed E-state index contributed by atoms with van der Waals surface area (Å²) in [6, 6.07) is 5.27. The first-order valence-corrected chi connectivity index (χ1v) is 11.1. The molecule has 2 fully saturated rings. The highest BCUT2D eigenvalue weighted by Crippen LogP contribution is 2.37. The summed E-state index contributed by atoms with van der Waals surface area (Å²) in [6.45, 7) is 0.280. The van der Waals surface area contributed by atoms with Crippen molar-refractivity contribution in [2.75, 3.05) is 31.0 Å². The third kappa shape index (κ3) is 4.26. The predicted octanol–water partition coefficient (Wildman–Crippen LogP) is 3.59. The molecule has 0 radical (unpaired) electrons. The molecule has 1 N–H and O–H groups in total. The summed E-state index contributed by atoms with van der Waals surface area (Å²) in [7, 11) is 3.12. The molecule has 2 amide bonds. The van der Waals surface area contributed by atoms with Gasteiger partial charge in [0.2, 0.25) is 16.9 Å². The van der Waals surface area contributed by atoms with Gasteiger partial charge in [-0.1, -0.05) is 30.6 Å². The second-order valence-corrected chi connectivity index (χ2v) is 8.72. The Hall–Kier alpha value is -2.68. The monoisotopic (exact) mass is 430 g/mol. The molecule has 8 nitrogen and oxygen atoms in total. The molecule has 1 saturated heterocycles. The van der Waals surface area contributed by atoms with Gasteiger partial charge in [0.25, 0.3) is 0 Å². The lowest BCUT2D eigenvalue weighted by Crippen LogP contribution is -2.28. The topological polar surface area (TPSA) is 93.7 Å². The molecular formula is C21H26N4O4S. The van der Waals surface area contributed by atoms with Crippen LogP contribution in [0.4, 0.5) is 10.8 Å². The number of nitrogens with zero attached hydrogens (tertiary/aromatic N) is 3. The number of benzene rings is 1. The van der Waals surface area contributed by atoms with E-state index in [9.17, 15) is 9.59 Å². The van der Waals surface area contributed by atoms with Crippen LogP contribution in [0.1, 0.15) is 49.5 Å². The maximum atomic E-state index is 12.8. The number of carbonyl (C=O) groups excluding carboxylic acids is 2. The Morgan fingerprint density at radius 1 is 1.17 bits per heavy atom. The number of rotatable bonds is 6. The highest BCUT2D eigenvalue weighted by molar-refractivity contribution is 7.15. The Bertz CT molecular complexity index is 925. The first-order chi connectivity index (χ1) is 14.6. The van der Waals surface area contributed by atoms with Crippen molar-refractivity contribution in [3.63, 3.8) is 0 Å². The standard InChI is InChI=1S/C21H26N4O4S/c1-28-15-8-9-17(29-2)16(11-15)25-12-14(10-18(25)26)19(27)22-21-24-23-20(30-21)13-6-4-3-5-7-13/h8-9,11,13-14H,3-7,10,12H2,1-2H3,(H,22,24,27)/t14-/m1/s1. The molecule has 0 bridgehead atoms. The minimum Gasteiger partial charge on any atom is -0.497 e. The van der Waals surface area contributed by atoms with E-state index in [0.29, 0.717) is 28.2 Å². The molecule has 0 unspecified atom stereocenters. The minimum absolute atomic E-state index is 0.123. The van der Waals surface area contributed by atoms with Gasteiger partial charge in [0.15, 0.2) is 0 Å². The Labute approximate surface area is 179 Å². The SMILES string of the molecule is COc1ccc(OC)c(N2C[C@H](C(=O)Nc3nnc(C4CCCCC4)s3)CC2=O)c1. The summed E-state index contributed by atoms with van der Waals surface area (Å²) in [6.07, 6.45) is 6.14. The zero-order valence-electron chi connectivity index (χ0n) is 17.2. The third-order valence-electron chi connectivity index (χ3n) is 5.80. The molecule has 1 saturated carbocycles. The summed E-state index contributed by atoms with van der Waals surface area (Å²) in [5, 5.41) is 12.8. The normalized spacial score (nSPS) is 19.7. The van der Waals surface area contributed by atoms with Crippen LogP contribution >= 0.6 is 11.3 Å². The summed E-state index contributed by atoms with van der Waals surface area (Å²) in [5.41, 5.74) is 0.604. The van der Waals surface area contributed by atoms with Crippen LogP contribution in [0.5, 0.6) is 11.5 Å². The van der Waals surface area contributed by atoms with E-state index in [4.69, 9.17) is 9.47 Å². The molecule has 0 spiro atoms. The number of hydrogen-bond donors (Lipinski definition) is 1. The van der Waals surface area contributed by atoms with E-state index < -0.39 is 5.92 Å². The second kappa shape index (κ2) is 8.99.